The molecule has 2 aromatic rings. The Hall–Kier alpha value is -2.24. The molecule has 1 heterocycles. The van der Waals surface area contributed by atoms with Gasteiger partial charge in [0.1, 0.15) is 18.5 Å². The molecule has 0 N–H and O–H groups in total. The highest BCUT2D eigenvalue weighted by atomic mass is 19.2. The Morgan fingerprint density at radius 3 is 2.22 bits per heavy atom. The Morgan fingerprint density at radius 1 is 0.806 bits per heavy atom. The Labute approximate surface area is 216 Å². The summed E-state index contributed by atoms with van der Waals surface area (Å²) in [6.07, 6.45) is 16.6. The minimum Gasteiger partial charge on any atom is -0.490 e. The molecule has 1 aromatic heterocycles. The molecular formula is C30H44F2N2O2. The lowest BCUT2D eigenvalue weighted by atomic mass is 9.99. The van der Waals surface area contributed by atoms with Crippen molar-refractivity contribution in [2.24, 2.45) is 5.92 Å². The molecule has 0 amide bonds. The van der Waals surface area contributed by atoms with Gasteiger partial charge in [0.2, 0.25) is 0 Å². The number of ether oxygens (including phenoxy) is 2. The largest absolute Gasteiger partial charge is 0.490 e. The molecule has 6 heteroatoms. The normalized spacial score (nSPS) is 15.6. The van der Waals surface area contributed by atoms with Crippen LogP contribution in [-0.2, 0) is 0 Å². The third-order valence-corrected chi connectivity index (χ3v) is 7.13. The second kappa shape index (κ2) is 16.5. The van der Waals surface area contributed by atoms with E-state index in [9.17, 15) is 8.78 Å². The van der Waals surface area contributed by atoms with E-state index in [0.717, 1.165) is 30.7 Å². The van der Waals surface area contributed by atoms with Gasteiger partial charge in [-0.25, -0.2) is 18.7 Å². The summed E-state index contributed by atoms with van der Waals surface area (Å²) in [7, 11) is 0. The first kappa shape index (κ1) is 28.3. The molecule has 200 valence electrons. The smallest absolute Gasteiger partial charge is 0.165 e. The molecule has 2 unspecified atom stereocenters. The van der Waals surface area contributed by atoms with E-state index in [-0.39, 0.29) is 13.0 Å². The molecule has 0 saturated heterocycles. The average Bonchev–Trinajstić information content (AvgIpc) is 3.43. The topological polar surface area (TPSA) is 44.2 Å². The molecule has 3 rings (SSSR count). The summed E-state index contributed by atoms with van der Waals surface area (Å²) < 4.78 is 39.1. The fourth-order valence-corrected chi connectivity index (χ4v) is 4.84. The van der Waals surface area contributed by atoms with E-state index in [2.05, 4.69) is 9.97 Å². The van der Waals surface area contributed by atoms with Crippen LogP contribution in [0.1, 0.15) is 96.8 Å². The maximum Gasteiger partial charge on any atom is 0.165 e. The van der Waals surface area contributed by atoms with Crippen LogP contribution in [-0.4, -0.2) is 35.5 Å². The molecule has 1 aliphatic rings. The summed E-state index contributed by atoms with van der Waals surface area (Å²) in [6.45, 7) is 2.45. The van der Waals surface area contributed by atoms with Crippen LogP contribution in [0.25, 0.3) is 11.4 Å². The number of unbranched alkanes of at least 4 members (excludes halogenated alkanes) is 6. The number of hydrogen-bond acceptors (Lipinski definition) is 4. The average molecular weight is 503 g/mol. The number of nitrogens with zero attached hydrogens (tertiary/aromatic N) is 2. The van der Waals surface area contributed by atoms with Gasteiger partial charge in [0.05, 0.1) is 19.0 Å². The van der Waals surface area contributed by atoms with Crippen molar-refractivity contribution in [2.45, 2.75) is 109 Å². The van der Waals surface area contributed by atoms with Gasteiger partial charge in [-0.2, -0.15) is 0 Å². The predicted octanol–water partition coefficient (Wildman–Crippen LogP) is 8.69. The van der Waals surface area contributed by atoms with E-state index < -0.39 is 12.3 Å². The van der Waals surface area contributed by atoms with Crippen LogP contribution >= 0.6 is 0 Å². The zero-order valence-electron chi connectivity index (χ0n) is 22.0. The highest BCUT2D eigenvalue weighted by Gasteiger charge is 2.20. The fourth-order valence-electron chi connectivity index (χ4n) is 4.84. The van der Waals surface area contributed by atoms with Gasteiger partial charge < -0.3 is 9.47 Å². The highest BCUT2D eigenvalue weighted by Crippen LogP contribution is 2.29. The lowest BCUT2D eigenvalue weighted by Crippen LogP contribution is -2.24. The summed E-state index contributed by atoms with van der Waals surface area (Å²) in [4.78, 5) is 8.80. The van der Waals surface area contributed by atoms with Gasteiger partial charge in [0.25, 0.3) is 0 Å². The molecule has 1 saturated carbocycles. The molecule has 0 radical (unpaired) electrons. The van der Waals surface area contributed by atoms with Gasteiger partial charge in [-0.3, -0.25) is 0 Å². The minimum absolute atomic E-state index is 0.245. The van der Waals surface area contributed by atoms with Crippen molar-refractivity contribution >= 4 is 0 Å². The second-order valence-corrected chi connectivity index (χ2v) is 10.2. The van der Waals surface area contributed by atoms with E-state index in [1.54, 1.807) is 24.5 Å². The zero-order chi connectivity index (χ0) is 25.4. The Kier molecular flexibility index (Phi) is 13.0. The summed E-state index contributed by atoms with van der Waals surface area (Å²) >= 11 is 0. The van der Waals surface area contributed by atoms with E-state index in [1.807, 2.05) is 19.1 Å². The van der Waals surface area contributed by atoms with Crippen LogP contribution in [0.3, 0.4) is 0 Å². The highest BCUT2D eigenvalue weighted by molar-refractivity contribution is 5.56. The number of benzene rings is 1. The molecule has 2 atom stereocenters. The number of hydrogen-bond donors (Lipinski definition) is 0. The predicted molar refractivity (Wildman–Crippen MR) is 142 cm³/mol. The van der Waals surface area contributed by atoms with E-state index >= 15 is 0 Å². The van der Waals surface area contributed by atoms with Crippen LogP contribution in [0.4, 0.5) is 8.78 Å². The van der Waals surface area contributed by atoms with Gasteiger partial charge >= 0.3 is 0 Å². The molecule has 4 nitrogen and oxygen atoms in total. The number of aromatic nitrogens is 2. The Balaban J connectivity index is 1.29. The summed E-state index contributed by atoms with van der Waals surface area (Å²) in [5, 5.41) is 0. The van der Waals surface area contributed by atoms with Crippen LogP contribution in [0.15, 0.2) is 36.7 Å². The van der Waals surface area contributed by atoms with E-state index in [0.29, 0.717) is 30.4 Å². The first-order valence-corrected chi connectivity index (χ1v) is 14.1. The van der Waals surface area contributed by atoms with Gasteiger partial charge in [-0.15, -0.1) is 0 Å². The molecule has 1 aromatic carbocycles. The molecule has 0 bridgehead atoms. The summed E-state index contributed by atoms with van der Waals surface area (Å²) in [5.41, 5.74) is 0.825. The fraction of sp³-hybridized carbons (Fsp3) is 0.667. The van der Waals surface area contributed by atoms with Crippen LogP contribution in [0.2, 0.25) is 0 Å². The van der Waals surface area contributed by atoms with Crippen molar-refractivity contribution in [2.75, 3.05) is 13.2 Å². The van der Waals surface area contributed by atoms with Gasteiger partial charge in [0.15, 0.2) is 17.7 Å². The molecule has 1 fully saturated rings. The third-order valence-electron chi connectivity index (χ3n) is 7.13. The molecule has 1 aliphatic carbocycles. The first-order valence-electron chi connectivity index (χ1n) is 14.1. The molecule has 36 heavy (non-hydrogen) atoms. The van der Waals surface area contributed by atoms with Gasteiger partial charge in [-0.1, -0.05) is 84.0 Å². The maximum atomic E-state index is 14.0. The van der Waals surface area contributed by atoms with E-state index in [4.69, 9.17) is 9.47 Å². The van der Waals surface area contributed by atoms with Crippen LogP contribution < -0.4 is 9.47 Å². The molecular weight excluding hydrogens is 458 g/mol. The standard InChI is InChI=1S/C30H44F2N2O2/c1-2-3-7-15-28(31)29(32)23-36-26-18-16-25(17-19-26)30-33-21-27(22-34-30)35-20-11-6-4-5-8-12-24-13-9-10-14-24/h16-19,21-22,24,28-29H,2-15,20,23H2,1H3. The van der Waals surface area contributed by atoms with Crippen LogP contribution in [0, 0.1) is 5.92 Å². The lowest BCUT2D eigenvalue weighted by Gasteiger charge is -2.14. The summed E-state index contributed by atoms with van der Waals surface area (Å²) in [5.74, 6) is 2.76. The van der Waals surface area contributed by atoms with Crippen molar-refractivity contribution in [1.29, 1.82) is 0 Å². The first-order chi connectivity index (χ1) is 17.7. The third kappa shape index (κ3) is 10.4. The Bertz CT molecular complexity index is 826. The second-order valence-electron chi connectivity index (χ2n) is 10.2. The lowest BCUT2D eigenvalue weighted by molar-refractivity contribution is 0.102. The van der Waals surface area contributed by atoms with Crippen molar-refractivity contribution in [3.8, 4) is 22.9 Å². The number of alkyl halides is 2. The molecule has 0 aliphatic heterocycles. The van der Waals surface area contributed by atoms with Gasteiger partial charge in [-0.05, 0) is 43.0 Å². The van der Waals surface area contributed by atoms with Gasteiger partial charge in [0, 0.05) is 5.56 Å². The zero-order valence-corrected chi connectivity index (χ0v) is 22.0. The minimum atomic E-state index is -1.61. The monoisotopic (exact) mass is 502 g/mol. The van der Waals surface area contributed by atoms with E-state index in [1.165, 1.54) is 57.8 Å². The Morgan fingerprint density at radius 2 is 1.50 bits per heavy atom. The maximum absolute atomic E-state index is 14.0. The SMILES string of the molecule is CCCCCC(F)C(F)COc1ccc(-c2ncc(OCCCCCCCC3CCCC3)cn2)cc1. The van der Waals surface area contributed by atoms with Crippen LogP contribution in [0.5, 0.6) is 11.5 Å². The van der Waals surface area contributed by atoms with Crippen molar-refractivity contribution in [3.63, 3.8) is 0 Å². The van der Waals surface area contributed by atoms with Crippen molar-refractivity contribution in [1.82, 2.24) is 9.97 Å². The number of halogens is 2. The molecule has 0 spiro atoms. The quantitative estimate of drug-likeness (QED) is 0.191. The summed E-state index contributed by atoms with van der Waals surface area (Å²) in [6, 6.07) is 7.10. The van der Waals surface area contributed by atoms with Crippen molar-refractivity contribution < 1.29 is 18.3 Å². The van der Waals surface area contributed by atoms with Crippen molar-refractivity contribution in [3.05, 3.63) is 36.7 Å². The number of rotatable bonds is 18.